The predicted octanol–water partition coefficient (Wildman–Crippen LogP) is 5.57. The molecule has 2 aliphatic heterocycles. The smallest absolute Gasteiger partial charge is 0.337 e. The summed E-state index contributed by atoms with van der Waals surface area (Å²) in [6.07, 6.45) is 7.32. The van der Waals surface area contributed by atoms with Crippen molar-refractivity contribution >= 4 is 23.3 Å². The molecule has 0 unspecified atom stereocenters. The number of hydrogen-bond donors (Lipinski definition) is 1. The molecule has 2 aromatic rings. The maximum atomic E-state index is 12.5. The van der Waals surface area contributed by atoms with Crippen LogP contribution in [0.2, 0.25) is 5.02 Å². The van der Waals surface area contributed by atoms with Gasteiger partial charge in [-0.25, -0.2) is 4.79 Å². The highest BCUT2D eigenvalue weighted by molar-refractivity contribution is 6.30. The number of aryl methyl sites for hydroxylation is 1. The summed E-state index contributed by atoms with van der Waals surface area (Å²) >= 11 is 6.41. The number of hydrogen-bond acceptors (Lipinski definition) is 7. The lowest BCUT2D eigenvalue weighted by Crippen LogP contribution is -2.51. The molecule has 0 aromatic heterocycles. The van der Waals surface area contributed by atoms with Crippen LogP contribution in [0, 0.1) is 11.8 Å². The van der Waals surface area contributed by atoms with E-state index in [4.69, 9.17) is 30.5 Å². The number of halogens is 1. The highest BCUT2D eigenvalue weighted by Gasteiger charge is 2.45. The van der Waals surface area contributed by atoms with Gasteiger partial charge in [-0.1, -0.05) is 17.7 Å². The Bertz CT molecular complexity index is 1250. The number of anilines is 1. The number of ether oxygens (including phenoxy) is 4. The first kappa shape index (κ1) is 28.8. The van der Waals surface area contributed by atoms with Crippen LogP contribution in [0.4, 0.5) is 5.69 Å². The van der Waals surface area contributed by atoms with Crippen molar-refractivity contribution in [1.29, 1.82) is 0 Å². The summed E-state index contributed by atoms with van der Waals surface area (Å²) in [4.78, 5) is 15.0. The minimum Gasteiger partial charge on any atom is -0.490 e. The zero-order valence-electron chi connectivity index (χ0n) is 24.1. The summed E-state index contributed by atoms with van der Waals surface area (Å²) < 4.78 is 24.0. The zero-order chi connectivity index (χ0) is 28.6. The van der Waals surface area contributed by atoms with Gasteiger partial charge in [0, 0.05) is 36.6 Å². The summed E-state index contributed by atoms with van der Waals surface area (Å²) in [5.41, 5.74) is 3.97. The van der Waals surface area contributed by atoms with Crippen molar-refractivity contribution in [3.05, 3.63) is 58.1 Å². The third kappa shape index (κ3) is 5.83. The molecule has 222 valence electrons. The highest BCUT2D eigenvalue weighted by atomic mass is 35.5. The monoisotopic (exact) mass is 583 g/mol. The third-order valence-corrected chi connectivity index (χ3v) is 10.1. The molecule has 2 fully saturated rings. The second-order valence-electron chi connectivity index (χ2n) is 12.5. The summed E-state index contributed by atoms with van der Waals surface area (Å²) in [6.45, 7) is 4.93. The average molecular weight is 584 g/mol. The Morgan fingerprint density at radius 2 is 2.10 bits per heavy atom. The van der Waals surface area contributed by atoms with Crippen molar-refractivity contribution in [3.63, 3.8) is 0 Å². The van der Waals surface area contributed by atoms with Crippen molar-refractivity contribution in [2.24, 2.45) is 11.8 Å². The number of carbonyl (C=O) groups excluding carboxylic acids is 1. The molecule has 1 saturated carbocycles. The van der Waals surface area contributed by atoms with Crippen molar-refractivity contribution in [2.75, 3.05) is 44.9 Å². The van der Waals surface area contributed by atoms with Crippen LogP contribution in [0.15, 0.2) is 36.4 Å². The molecule has 0 radical (unpaired) electrons. The van der Waals surface area contributed by atoms with Gasteiger partial charge in [0.2, 0.25) is 0 Å². The second kappa shape index (κ2) is 12.1. The number of methoxy groups -OCH3 is 1. The molecule has 7 nitrogen and oxygen atoms in total. The van der Waals surface area contributed by atoms with Gasteiger partial charge in [0.25, 0.3) is 0 Å². The highest BCUT2D eigenvalue weighted by Crippen LogP contribution is 2.47. The van der Waals surface area contributed by atoms with Gasteiger partial charge in [-0.3, -0.25) is 0 Å². The molecule has 6 atom stereocenters. The maximum absolute atomic E-state index is 12.5. The minimum absolute atomic E-state index is 0.0369. The van der Waals surface area contributed by atoms with E-state index in [2.05, 4.69) is 17.0 Å². The molecule has 1 saturated heterocycles. The van der Waals surface area contributed by atoms with Crippen molar-refractivity contribution in [2.45, 2.75) is 75.6 Å². The Labute approximate surface area is 248 Å². The summed E-state index contributed by atoms with van der Waals surface area (Å²) in [6, 6.07) is 12.0. The van der Waals surface area contributed by atoms with Gasteiger partial charge in [-0.15, -0.1) is 0 Å². The lowest BCUT2D eigenvalue weighted by atomic mass is 9.67. The molecule has 41 heavy (non-hydrogen) atoms. The fourth-order valence-corrected chi connectivity index (χ4v) is 7.74. The van der Waals surface area contributed by atoms with Crippen molar-refractivity contribution in [3.8, 4) is 5.75 Å². The van der Waals surface area contributed by atoms with E-state index in [1.165, 1.54) is 18.2 Å². The molecule has 2 aliphatic carbocycles. The number of esters is 1. The number of benzene rings is 2. The van der Waals surface area contributed by atoms with Gasteiger partial charge < -0.3 is 29.0 Å². The molecule has 1 N–H and O–H groups in total. The zero-order valence-corrected chi connectivity index (χ0v) is 24.9. The lowest BCUT2D eigenvalue weighted by molar-refractivity contribution is -0.134. The van der Waals surface area contributed by atoms with E-state index >= 15 is 0 Å². The van der Waals surface area contributed by atoms with Crippen molar-refractivity contribution in [1.82, 2.24) is 0 Å². The molecule has 4 aliphatic rings. The molecule has 8 heteroatoms. The molecule has 0 bridgehead atoms. The number of rotatable bonds is 7. The number of fused-ring (bicyclic) bond motifs is 3. The first-order chi connectivity index (χ1) is 19.9. The Hall–Kier alpha value is -2.32. The van der Waals surface area contributed by atoms with E-state index in [1.807, 2.05) is 25.1 Å². The summed E-state index contributed by atoms with van der Waals surface area (Å²) in [5, 5.41) is 10.2. The van der Waals surface area contributed by atoms with Crippen LogP contribution in [0.25, 0.3) is 0 Å². The van der Waals surface area contributed by atoms with Crippen molar-refractivity contribution < 1.29 is 28.8 Å². The molecular formula is C33H42ClNO6. The van der Waals surface area contributed by atoms with Crippen LogP contribution < -0.4 is 9.64 Å². The number of aliphatic hydroxyl groups excluding tert-OH is 1. The van der Waals surface area contributed by atoms with Crippen LogP contribution in [0.5, 0.6) is 5.75 Å². The van der Waals surface area contributed by atoms with E-state index in [-0.39, 0.29) is 36.3 Å². The summed E-state index contributed by atoms with van der Waals surface area (Å²) in [5.74, 6) is 1.39. The van der Waals surface area contributed by atoms with Crippen LogP contribution in [0.1, 0.15) is 66.9 Å². The average Bonchev–Trinajstić information content (AvgIpc) is 3.11. The number of carbonyl (C=O) groups is 1. The minimum atomic E-state index is -0.343. The number of nitrogens with zero attached hydrogens (tertiary/aromatic N) is 1. The normalized spacial score (nSPS) is 29.9. The molecule has 6 rings (SSSR count). The molecule has 2 aromatic carbocycles. The third-order valence-electron chi connectivity index (χ3n) is 9.82. The van der Waals surface area contributed by atoms with Gasteiger partial charge in [-0.05, 0) is 98.7 Å². The van der Waals surface area contributed by atoms with E-state index < -0.39 is 0 Å². The standard InChI is InChI=1S/C33H42ClNO6/c1-21(18-36)41-26-11-13-39-31(16-26)27-8-5-24(27)17-35-19-33(12-3-4-22-14-25(34)7-9-28(22)33)20-40-30-10-6-23(15-29(30)35)32(37)38-2/h6-7,9-10,14-15,21,24,26-27,31,36H,3-5,8,11-13,16-20H2,1-2H3/t21-,24+,26-,27-,31+,33+/m1/s1. The molecular weight excluding hydrogens is 542 g/mol. The van der Waals surface area contributed by atoms with Gasteiger partial charge in [0.1, 0.15) is 5.75 Å². The largest absolute Gasteiger partial charge is 0.490 e. The van der Waals surface area contributed by atoms with E-state index in [0.717, 1.165) is 74.5 Å². The van der Waals surface area contributed by atoms with E-state index in [1.54, 1.807) is 6.07 Å². The number of aliphatic hydroxyl groups is 1. The Morgan fingerprint density at radius 1 is 1.22 bits per heavy atom. The topological polar surface area (TPSA) is 77.5 Å². The Morgan fingerprint density at radius 3 is 2.88 bits per heavy atom. The van der Waals surface area contributed by atoms with E-state index in [0.29, 0.717) is 30.6 Å². The van der Waals surface area contributed by atoms with Crippen LogP contribution in [-0.4, -0.2) is 69.4 Å². The molecule has 1 spiro atoms. The van der Waals surface area contributed by atoms with Gasteiger partial charge in [0.15, 0.2) is 0 Å². The lowest BCUT2D eigenvalue weighted by Gasteiger charge is -2.48. The maximum Gasteiger partial charge on any atom is 0.337 e. The Kier molecular flexibility index (Phi) is 8.51. The van der Waals surface area contributed by atoms with Gasteiger partial charge in [0.05, 0.1) is 49.9 Å². The van der Waals surface area contributed by atoms with Gasteiger partial charge in [-0.2, -0.15) is 0 Å². The quantitative estimate of drug-likeness (QED) is 0.427. The molecule has 2 heterocycles. The van der Waals surface area contributed by atoms with Crippen LogP contribution >= 0.6 is 11.6 Å². The first-order valence-electron chi connectivity index (χ1n) is 15.2. The summed E-state index contributed by atoms with van der Waals surface area (Å²) in [7, 11) is 1.42. The van der Waals surface area contributed by atoms with Crippen LogP contribution in [-0.2, 0) is 26.0 Å². The SMILES string of the molecule is COC(=O)c1ccc2c(c1)N(C[C@@H]1CC[C@H]1[C@@H]1C[C@H](O[C@H](C)CO)CCO1)C[C@@]1(CCCc3cc(Cl)ccc31)CO2. The first-order valence-corrected chi connectivity index (χ1v) is 15.5. The predicted molar refractivity (Wildman–Crippen MR) is 158 cm³/mol. The molecule has 0 amide bonds. The van der Waals surface area contributed by atoms with Crippen LogP contribution in [0.3, 0.4) is 0 Å². The fraction of sp³-hybridized carbons (Fsp3) is 0.606. The van der Waals surface area contributed by atoms with E-state index in [9.17, 15) is 9.90 Å². The Balaban J connectivity index is 1.28. The van der Waals surface area contributed by atoms with Gasteiger partial charge >= 0.3 is 5.97 Å². The second-order valence-corrected chi connectivity index (χ2v) is 12.9. The fourth-order valence-electron chi connectivity index (χ4n) is 7.54.